The van der Waals surface area contributed by atoms with Gasteiger partial charge in [-0.3, -0.25) is 0 Å². The Bertz CT molecular complexity index is 796. The van der Waals surface area contributed by atoms with Gasteiger partial charge in [0.05, 0.1) is 11.4 Å². The first-order chi connectivity index (χ1) is 15.1. The number of aryl methyl sites for hydroxylation is 2. The Labute approximate surface area is 186 Å². The van der Waals surface area contributed by atoms with Crippen molar-refractivity contribution in [2.24, 2.45) is 11.8 Å². The van der Waals surface area contributed by atoms with Gasteiger partial charge in [-0.1, -0.05) is 84.1 Å². The average Bonchev–Trinajstić information content (AvgIpc) is 2.80. The van der Waals surface area contributed by atoms with Crippen LogP contribution in [0.25, 0.3) is 11.3 Å². The molecule has 0 unspecified atom stereocenters. The summed E-state index contributed by atoms with van der Waals surface area (Å²) in [6.07, 6.45) is 15.7. The number of rotatable bonds is 11. The second kappa shape index (κ2) is 12.3. The smallest absolute Gasteiger partial charge is 0.168 e. The molecule has 2 nitrogen and oxygen atoms in total. The number of halogens is 2. The third kappa shape index (κ3) is 6.82. The molecule has 1 aromatic heterocycles. The number of nitrogens with zero attached hydrogens (tertiary/aromatic N) is 2. The van der Waals surface area contributed by atoms with Gasteiger partial charge in [0.1, 0.15) is 0 Å². The Morgan fingerprint density at radius 3 is 2.13 bits per heavy atom. The summed E-state index contributed by atoms with van der Waals surface area (Å²) < 4.78 is 28.7. The van der Waals surface area contributed by atoms with E-state index in [-0.39, 0.29) is 5.56 Å². The summed E-state index contributed by atoms with van der Waals surface area (Å²) in [6.45, 7) is 4.22. The Morgan fingerprint density at radius 2 is 1.48 bits per heavy atom. The molecule has 0 bridgehead atoms. The van der Waals surface area contributed by atoms with Gasteiger partial charge < -0.3 is 0 Å². The fraction of sp³-hybridized carbons (Fsp3) is 0.630. The maximum Gasteiger partial charge on any atom is 0.168 e. The van der Waals surface area contributed by atoms with Crippen molar-refractivity contribution >= 4 is 0 Å². The van der Waals surface area contributed by atoms with E-state index in [2.05, 4.69) is 17.1 Å². The molecule has 170 valence electrons. The maximum absolute atomic E-state index is 14.5. The van der Waals surface area contributed by atoms with E-state index >= 15 is 0 Å². The zero-order valence-electron chi connectivity index (χ0n) is 19.3. The van der Waals surface area contributed by atoms with Crippen molar-refractivity contribution in [1.82, 2.24) is 10.2 Å². The quantitative estimate of drug-likeness (QED) is 0.338. The molecule has 3 rings (SSSR count). The molecule has 0 atom stereocenters. The third-order valence-electron chi connectivity index (χ3n) is 6.92. The number of aromatic nitrogens is 2. The predicted molar refractivity (Wildman–Crippen MR) is 124 cm³/mol. The molecule has 1 heterocycles. The van der Waals surface area contributed by atoms with Crippen LogP contribution in [-0.2, 0) is 12.8 Å². The van der Waals surface area contributed by atoms with Crippen LogP contribution in [0.3, 0.4) is 0 Å². The largest absolute Gasteiger partial charge is 0.203 e. The van der Waals surface area contributed by atoms with E-state index in [9.17, 15) is 8.78 Å². The molecule has 0 radical (unpaired) electrons. The molecular formula is C27H38F2N2. The average molecular weight is 429 g/mol. The Hall–Kier alpha value is -1.84. The Morgan fingerprint density at radius 1 is 0.742 bits per heavy atom. The van der Waals surface area contributed by atoms with Gasteiger partial charge in [-0.05, 0) is 54.9 Å². The second-order valence-electron chi connectivity index (χ2n) is 9.33. The fourth-order valence-electron chi connectivity index (χ4n) is 4.91. The summed E-state index contributed by atoms with van der Waals surface area (Å²) in [5.74, 6) is 0.142. The molecule has 0 N–H and O–H groups in total. The van der Waals surface area contributed by atoms with Gasteiger partial charge in [0, 0.05) is 5.56 Å². The monoisotopic (exact) mass is 428 g/mol. The molecule has 1 aromatic carbocycles. The normalized spacial score (nSPS) is 19.0. The molecule has 1 aliphatic carbocycles. The van der Waals surface area contributed by atoms with Crippen molar-refractivity contribution in [3.8, 4) is 11.3 Å². The molecule has 0 aliphatic heterocycles. The summed E-state index contributed by atoms with van der Waals surface area (Å²) in [5.41, 5.74) is 1.94. The fourth-order valence-corrected chi connectivity index (χ4v) is 4.91. The first-order valence-corrected chi connectivity index (χ1v) is 12.4. The zero-order valence-corrected chi connectivity index (χ0v) is 19.3. The van der Waals surface area contributed by atoms with E-state index in [0.717, 1.165) is 36.8 Å². The van der Waals surface area contributed by atoms with Crippen LogP contribution in [0.5, 0.6) is 0 Å². The lowest BCUT2D eigenvalue weighted by molar-refractivity contribution is 0.248. The number of unbranched alkanes of at least 4 members (excludes halogenated alkanes) is 3. The molecule has 2 aromatic rings. The number of benzene rings is 1. The van der Waals surface area contributed by atoms with Gasteiger partial charge in [0.25, 0.3) is 0 Å². The summed E-state index contributed by atoms with van der Waals surface area (Å²) in [5, 5.41) is 8.50. The van der Waals surface area contributed by atoms with Crippen molar-refractivity contribution < 1.29 is 8.78 Å². The SMILES string of the molecule is CCCCCCC1CCC(CCc2ccc(-c3ccc(CCC)c(F)c3F)nn2)CC1. The van der Waals surface area contributed by atoms with E-state index < -0.39 is 11.6 Å². The van der Waals surface area contributed by atoms with Crippen LogP contribution in [0.1, 0.15) is 95.7 Å². The van der Waals surface area contributed by atoms with Crippen molar-refractivity contribution in [3.63, 3.8) is 0 Å². The third-order valence-corrected chi connectivity index (χ3v) is 6.92. The van der Waals surface area contributed by atoms with E-state index in [0.29, 0.717) is 17.7 Å². The standard InChI is InChI=1S/C27H38F2N2/c1-3-5-6-7-9-20-10-12-21(13-11-20)14-16-23-17-19-25(31-30-23)24-18-15-22(8-4-2)26(28)27(24)29/h15,17-21H,3-14,16H2,1-2H3. The van der Waals surface area contributed by atoms with Crippen LogP contribution in [0.15, 0.2) is 24.3 Å². The lowest BCUT2D eigenvalue weighted by Gasteiger charge is -2.28. The summed E-state index contributed by atoms with van der Waals surface area (Å²) in [7, 11) is 0. The minimum Gasteiger partial charge on any atom is -0.203 e. The minimum absolute atomic E-state index is 0.189. The molecule has 1 saturated carbocycles. The molecule has 0 saturated heterocycles. The van der Waals surface area contributed by atoms with Gasteiger partial charge in [-0.25, -0.2) is 8.78 Å². The summed E-state index contributed by atoms with van der Waals surface area (Å²) in [6, 6.07) is 6.96. The van der Waals surface area contributed by atoms with E-state index in [1.807, 2.05) is 13.0 Å². The number of hydrogen-bond acceptors (Lipinski definition) is 2. The van der Waals surface area contributed by atoms with E-state index in [1.54, 1.807) is 18.2 Å². The molecule has 1 fully saturated rings. The van der Waals surface area contributed by atoms with Gasteiger partial charge in [0.15, 0.2) is 11.6 Å². The van der Waals surface area contributed by atoms with Crippen LogP contribution in [0, 0.1) is 23.5 Å². The minimum atomic E-state index is -0.820. The number of hydrogen-bond donors (Lipinski definition) is 0. The van der Waals surface area contributed by atoms with Crippen LogP contribution in [-0.4, -0.2) is 10.2 Å². The highest BCUT2D eigenvalue weighted by Crippen LogP contribution is 2.34. The Balaban J connectivity index is 1.47. The summed E-state index contributed by atoms with van der Waals surface area (Å²) in [4.78, 5) is 0. The first-order valence-electron chi connectivity index (χ1n) is 12.4. The molecule has 1 aliphatic rings. The predicted octanol–water partition coefficient (Wildman–Crippen LogP) is 8.08. The lowest BCUT2D eigenvalue weighted by Crippen LogP contribution is -2.15. The molecule has 4 heteroatoms. The van der Waals surface area contributed by atoms with Crippen LogP contribution < -0.4 is 0 Å². The maximum atomic E-state index is 14.5. The molecule has 31 heavy (non-hydrogen) atoms. The first kappa shape index (κ1) is 23.8. The van der Waals surface area contributed by atoms with Gasteiger partial charge in [-0.2, -0.15) is 10.2 Å². The molecule has 0 spiro atoms. The van der Waals surface area contributed by atoms with Crippen molar-refractivity contribution in [2.75, 3.05) is 0 Å². The Kier molecular flexibility index (Phi) is 9.42. The topological polar surface area (TPSA) is 25.8 Å². The van der Waals surface area contributed by atoms with Crippen LogP contribution in [0.2, 0.25) is 0 Å². The van der Waals surface area contributed by atoms with E-state index in [1.165, 1.54) is 57.8 Å². The highest BCUT2D eigenvalue weighted by atomic mass is 19.2. The van der Waals surface area contributed by atoms with Crippen LogP contribution >= 0.6 is 0 Å². The van der Waals surface area contributed by atoms with Gasteiger partial charge >= 0.3 is 0 Å². The van der Waals surface area contributed by atoms with Crippen molar-refractivity contribution in [1.29, 1.82) is 0 Å². The highest BCUT2D eigenvalue weighted by molar-refractivity contribution is 5.60. The summed E-state index contributed by atoms with van der Waals surface area (Å²) >= 11 is 0. The highest BCUT2D eigenvalue weighted by Gasteiger charge is 2.21. The zero-order chi connectivity index (χ0) is 22.1. The second-order valence-corrected chi connectivity index (χ2v) is 9.33. The van der Waals surface area contributed by atoms with E-state index in [4.69, 9.17) is 0 Å². The molecule has 0 amide bonds. The van der Waals surface area contributed by atoms with Gasteiger partial charge in [-0.15, -0.1) is 0 Å². The lowest BCUT2D eigenvalue weighted by atomic mass is 9.78. The van der Waals surface area contributed by atoms with Crippen molar-refractivity contribution in [2.45, 2.75) is 97.3 Å². The van der Waals surface area contributed by atoms with Gasteiger partial charge in [0.2, 0.25) is 0 Å². The molecular weight excluding hydrogens is 390 g/mol. The van der Waals surface area contributed by atoms with Crippen LogP contribution in [0.4, 0.5) is 8.78 Å². The van der Waals surface area contributed by atoms with Crippen molar-refractivity contribution in [3.05, 3.63) is 47.2 Å².